The SMILES string of the molecule is COc1cc(F)c(S(=O)(=O)NC2CC(O)C2)cc1OC. The van der Waals surface area contributed by atoms with Gasteiger partial charge in [-0.3, -0.25) is 0 Å². The molecule has 0 atom stereocenters. The molecule has 8 heteroatoms. The standard InChI is InChI=1S/C12H16FNO5S/c1-18-10-5-9(13)12(6-11(10)19-2)20(16,17)14-7-3-8(15)4-7/h5-8,14-15H,3-4H2,1-2H3. The van der Waals surface area contributed by atoms with Gasteiger partial charge in [0.25, 0.3) is 0 Å². The Bertz CT molecular complexity index is 598. The molecule has 1 aliphatic rings. The van der Waals surface area contributed by atoms with E-state index in [-0.39, 0.29) is 17.5 Å². The zero-order chi connectivity index (χ0) is 14.9. The van der Waals surface area contributed by atoms with Crippen LogP contribution in [-0.4, -0.2) is 39.9 Å². The Balaban J connectivity index is 2.31. The summed E-state index contributed by atoms with van der Waals surface area (Å²) in [5.74, 6) is -0.680. The van der Waals surface area contributed by atoms with Gasteiger partial charge in [-0.25, -0.2) is 17.5 Å². The molecule has 1 saturated carbocycles. The molecule has 0 unspecified atom stereocenters. The molecule has 0 aromatic heterocycles. The van der Waals surface area contributed by atoms with Gasteiger partial charge in [0.2, 0.25) is 10.0 Å². The van der Waals surface area contributed by atoms with Crippen molar-refractivity contribution in [2.24, 2.45) is 0 Å². The lowest BCUT2D eigenvalue weighted by molar-refractivity contribution is 0.0712. The van der Waals surface area contributed by atoms with Gasteiger partial charge in [0.1, 0.15) is 10.7 Å². The van der Waals surface area contributed by atoms with E-state index in [0.717, 1.165) is 12.1 Å². The molecule has 1 aromatic rings. The lowest BCUT2D eigenvalue weighted by atomic mass is 9.91. The third kappa shape index (κ3) is 2.87. The molecule has 2 rings (SSSR count). The summed E-state index contributed by atoms with van der Waals surface area (Å²) in [4.78, 5) is -0.503. The Morgan fingerprint density at radius 2 is 1.80 bits per heavy atom. The predicted molar refractivity (Wildman–Crippen MR) is 68.9 cm³/mol. The number of nitrogens with one attached hydrogen (secondary N) is 1. The second-order valence-corrected chi connectivity index (χ2v) is 6.26. The highest BCUT2D eigenvalue weighted by Gasteiger charge is 2.33. The molecule has 1 aromatic carbocycles. The Kier molecular flexibility index (Phi) is 4.17. The van der Waals surface area contributed by atoms with Crippen LogP contribution >= 0.6 is 0 Å². The van der Waals surface area contributed by atoms with E-state index in [1.807, 2.05) is 0 Å². The predicted octanol–water partition coefficient (Wildman–Crippen LogP) is 0.645. The number of benzene rings is 1. The zero-order valence-corrected chi connectivity index (χ0v) is 11.9. The summed E-state index contributed by atoms with van der Waals surface area (Å²) in [6, 6.07) is 1.66. The minimum atomic E-state index is -4.00. The van der Waals surface area contributed by atoms with Crippen molar-refractivity contribution in [1.29, 1.82) is 0 Å². The Hall–Kier alpha value is -1.38. The molecule has 6 nitrogen and oxygen atoms in total. The van der Waals surface area contributed by atoms with Crippen molar-refractivity contribution < 1.29 is 27.4 Å². The summed E-state index contributed by atoms with van der Waals surface area (Å²) >= 11 is 0. The van der Waals surface area contributed by atoms with Crippen LogP contribution in [0.3, 0.4) is 0 Å². The quantitative estimate of drug-likeness (QED) is 0.834. The minimum absolute atomic E-state index is 0.114. The van der Waals surface area contributed by atoms with Gasteiger partial charge in [-0.2, -0.15) is 0 Å². The smallest absolute Gasteiger partial charge is 0.243 e. The van der Waals surface area contributed by atoms with Gasteiger partial charge < -0.3 is 14.6 Å². The zero-order valence-electron chi connectivity index (χ0n) is 11.1. The van der Waals surface area contributed by atoms with Crippen LogP contribution in [0.2, 0.25) is 0 Å². The average molecular weight is 305 g/mol. The molecule has 0 heterocycles. The first kappa shape index (κ1) is 15.0. The maximum atomic E-state index is 13.9. The number of rotatable bonds is 5. The molecule has 20 heavy (non-hydrogen) atoms. The van der Waals surface area contributed by atoms with Gasteiger partial charge in [0.15, 0.2) is 11.5 Å². The Morgan fingerprint density at radius 3 is 2.30 bits per heavy atom. The van der Waals surface area contributed by atoms with E-state index in [1.54, 1.807) is 0 Å². The summed E-state index contributed by atoms with van der Waals surface area (Å²) in [6.45, 7) is 0. The lowest BCUT2D eigenvalue weighted by Crippen LogP contribution is -2.46. The van der Waals surface area contributed by atoms with Crippen LogP contribution in [0.4, 0.5) is 4.39 Å². The maximum absolute atomic E-state index is 13.9. The van der Waals surface area contributed by atoms with E-state index in [2.05, 4.69) is 4.72 Å². The van der Waals surface area contributed by atoms with Gasteiger partial charge in [-0.1, -0.05) is 0 Å². The Morgan fingerprint density at radius 1 is 1.25 bits per heavy atom. The van der Waals surface area contributed by atoms with Crippen LogP contribution in [0.15, 0.2) is 17.0 Å². The number of aliphatic hydroxyl groups is 1. The number of halogens is 1. The number of hydrogen-bond donors (Lipinski definition) is 2. The van der Waals surface area contributed by atoms with E-state index in [1.165, 1.54) is 14.2 Å². The van der Waals surface area contributed by atoms with E-state index in [4.69, 9.17) is 14.6 Å². The molecule has 1 aliphatic carbocycles. The largest absolute Gasteiger partial charge is 0.493 e. The first-order valence-corrected chi connectivity index (χ1v) is 7.47. The summed E-state index contributed by atoms with van der Waals surface area (Å²) in [5.41, 5.74) is 0. The van der Waals surface area contributed by atoms with Gasteiger partial charge in [0.05, 0.1) is 20.3 Å². The van der Waals surface area contributed by atoms with Crippen molar-refractivity contribution in [3.63, 3.8) is 0 Å². The minimum Gasteiger partial charge on any atom is -0.493 e. The van der Waals surface area contributed by atoms with Gasteiger partial charge in [-0.05, 0) is 12.8 Å². The number of hydrogen-bond acceptors (Lipinski definition) is 5. The topological polar surface area (TPSA) is 84.9 Å². The maximum Gasteiger partial charge on any atom is 0.243 e. The van der Waals surface area contributed by atoms with Crippen LogP contribution in [-0.2, 0) is 10.0 Å². The number of ether oxygens (including phenoxy) is 2. The molecule has 0 aliphatic heterocycles. The van der Waals surface area contributed by atoms with Crippen LogP contribution in [0.1, 0.15) is 12.8 Å². The van der Waals surface area contributed by atoms with Crippen molar-refractivity contribution in [2.45, 2.75) is 29.9 Å². The molecule has 1 fully saturated rings. The van der Waals surface area contributed by atoms with Crippen LogP contribution in [0, 0.1) is 5.82 Å². The number of methoxy groups -OCH3 is 2. The van der Waals surface area contributed by atoms with Crippen molar-refractivity contribution in [3.05, 3.63) is 17.9 Å². The van der Waals surface area contributed by atoms with Crippen molar-refractivity contribution in [3.8, 4) is 11.5 Å². The first-order valence-electron chi connectivity index (χ1n) is 5.99. The van der Waals surface area contributed by atoms with Crippen molar-refractivity contribution >= 4 is 10.0 Å². The highest BCUT2D eigenvalue weighted by Crippen LogP contribution is 2.32. The highest BCUT2D eigenvalue weighted by molar-refractivity contribution is 7.89. The second-order valence-electron chi connectivity index (χ2n) is 4.58. The fraction of sp³-hybridized carbons (Fsp3) is 0.500. The summed E-state index contributed by atoms with van der Waals surface area (Å²) in [7, 11) is -1.34. The Labute approximate surface area is 116 Å². The van der Waals surface area contributed by atoms with E-state index >= 15 is 0 Å². The molecule has 2 N–H and O–H groups in total. The summed E-state index contributed by atoms with van der Waals surface area (Å²) in [5, 5.41) is 9.15. The molecule has 112 valence electrons. The molecule has 0 amide bonds. The van der Waals surface area contributed by atoms with E-state index < -0.39 is 26.8 Å². The average Bonchev–Trinajstić information content (AvgIpc) is 2.35. The number of aliphatic hydroxyl groups excluding tert-OH is 1. The normalized spacial score (nSPS) is 22.2. The second kappa shape index (κ2) is 5.55. The van der Waals surface area contributed by atoms with Gasteiger partial charge in [-0.15, -0.1) is 0 Å². The fourth-order valence-electron chi connectivity index (χ4n) is 2.01. The summed E-state index contributed by atoms with van der Waals surface area (Å²) < 4.78 is 50.3. The van der Waals surface area contributed by atoms with Crippen LogP contribution in [0.25, 0.3) is 0 Å². The number of sulfonamides is 1. The molecular weight excluding hydrogens is 289 g/mol. The third-order valence-corrected chi connectivity index (χ3v) is 4.70. The monoisotopic (exact) mass is 305 g/mol. The van der Waals surface area contributed by atoms with Crippen LogP contribution in [0.5, 0.6) is 11.5 Å². The lowest BCUT2D eigenvalue weighted by Gasteiger charge is -2.31. The molecule has 0 radical (unpaired) electrons. The van der Waals surface area contributed by atoms with Gasteiger partial charge >= 0.3 is 0 Å². The van der Waals surface area contributed by atoms with Crippen molar-refractivity contribution in [1.82, 2.24) is 4.72 Å². The first-order chi connectivity index (χ1) is 9.37. The molecule has 0 saturated heterocycles. The molecule has 0 bridgehead atoms. The molecular formula is C12H16FNO5S. The fourth-order valence-corrected chi connectivity index (χ4v) is 3.34. The third-order valence-electron chi connectivity index (χ3n) is 3.16. The summed E-state index contributed by atoms with van der Waals surface area (Å²) in [6.07, 6.45) is 0.153. The van der Waals surface area contributed by atoms with E-state index in [9.17, 15) is 12.8 Å². The van der Waals surface area contributed by atoms with Crippen LogP contribution < -0.4 is 14.2 Å². The van der Waals surface area contributed by atoms with Crippen molar-refractivity contribution in [2.75, 3.05) is 14.2 Å². The highest BCUT2D eigenvalue weighted by atomic mass is 32.2. The van der Waals surface area contributed by atoms with E-state index in [0.29, 0.717) is 12.8 Å². The van der Waals surface area contributed by atoms with Gasteiger partial charge in [0, 0.05) is 18.2 Å². The molecule has 0 spiro atoms.